The number of likely N-dealkylation sites (tertiary alicyclic amines) is 1. The second kappa shape index (κ2) is 6.04. The van der Waals surface area contributed by atoms with Crippen LogP contribution in [0, 0.1) is 11.7 Å². The number of ketones is 1. The van der Waals surface area contributed by atoms with E-state index in [0.717, 1.165) is 12.5 Å². The largest absolute Gasteiger partial charge is 0.293 e. The van der Waals surface area contributed by atoms with Gasteiger partial charge in [-0.1, -0.05) is 25.0 Å². The standard InChI is InChI=1S/C17H22FNO/c18-15-8-3-7-14(11-15)17(20)12-19-10-4-9-16(19)13-5-1-2-6-13/h3,7-8,11,13,16H,1-2,4-6,9-10,12H2. The van der Waals surface area contributed by atoms with Gasteiger partial charge in [0.2, 0.25) is 0 Å². The fourth-order valence-corrected chi connectivity index (χ4v) is 3.86. The van der Waals surface area contributed by atoms with Crippen LogP contribution >= 0.6 is 0 Å². The zero-order valence-corrected chi connectivity index (χ0v) is 11.9. The number of hydrogen-bond donors (Lipinski definition) is 0. The van der Waals surface area contributed by atoms with Gasteiger partial charge >= 0.3 is 0 Å². The number of carbonyl (C=O) groups excluding carboxylic acids is 1. The van der Waals surface area contributed by atoms with Crippen LogP contribution in [-0.4, -0.2) is 29.8 Å². The van der Waals surface area contributed by atoms with Crippen LogP contribution in [0.5, 0.6) is 0 Å². The molecule has 1 atom stereocenters. The Morgan fingerprint density at radius 3 is 2.75 bits per heavy atom. The van der Waals surface area contributed by atoms with Gasteiger partial charge in [0.25, 0.3) is 0 Å². The molecule has 3 rings (SSSR count). The zero-order chi connectivity index (χ0) is 13.9. The smallest absolute Gasteiger partial charge is 0.176 e. The maximum atomic E-state index is 13.2. The maximum absolute atomic E-state index is 13.2. The molecular weight excluding hydrogens is 253 g/mol. The molecule has 1 saturated carbocycles. The second-order valence-electron chi connectivity index (χ2n) is 6.16. The van der Waals surface area contributed by atoms with Crippen LogP contribution in [0.2, 0.25) is 0 Å². The Bertz CT molecular complexity index is 482. The lowest BCUT2D eigenvalue weighted by Gasteiger charge is -2.28. The van der Waals surface area contributed by atoms with E-state index in [1.54, 1.807) is 12.1 Å². The van der Waals surface area contributed by atoms with Gasteiger partial charge in [0.1, 0.15) is 5.82 Å². The summed E-state index contributed by atoms with van der Waals surface area (Å²) in [7, 11) is 0. The van der Waals surface area contributed by atoms with Crippen molar-refractivity contribution < 1.29 is 9.18 Å². The molecule has 3 heteroatoms. The molecule has 1 heterocycles. The van der Waals surface area contributed by atoms with Gasteiger partial charge in [0.15, 0.2) is 5.78 Å². The molecular formula is C17H22FNO. The van der Waals surface area contributed by atoms with E-state index in [2.05, 4.69) is 4.90 Å². The predicted octanol–water partition coefficient (Wildman–Crippen LogP) is 3.66. The summed E-state index contributed by atoms with van der Waals surface area (Å²) in [6.07, 6.45) is 7.73. The first-order chi connectivity index (χ1) is 9.74. The third-order valence-corrected chi connectivity index (χ3v) is 4.85. The van der Waals surface area contributed by atoms with Crippen molar-refractivity contribution in [2.45, 2.75) is 44.6 Å². The van der Waals surface area contributed by atoms with Gasteiger partial charge in [-0.2, -0.15) is 0 Å². The molecule has 0 radical (unpaired) electrons. The summed E-state index contributed by atoms with van der Waals surface area (Å²) in [5.41, 5.74) is 0.502. The Labute approximate surface area is 120 Å². The Morgan fingerprint density at radius 2 is 2.00 bits per heavy atom. The number of benzene rings is 1. The number of rotatable bonds is 4. The van der Waals surface area contributed by atoms with Crippen molar-refractivity contribution in [1.29, 1.82) is 0 Å². The minimum absolute atomic E-state index is 0.0504. The third-order valence-electron chi connectivity index (χ3n) is 4.85. The fraction of sp³-hybridized carbons (Fsp3) is 0.588. The van der Waals surface area contributed by atoms with Gasteiger partial charge in [0, 0.05) is 11.6 Å². The highest BCUT2D eigenvalue weighted by Crippen LogP contribution is 2.35. The molecule has 1 aromatic rings. The lowest BCUT2D eigenvalue weighted by molar-refractivity contribution is 0.0895. The van der Waals surface area contributed by atoms with Crippen molar-refractivity contribution in [3.8, 4) is 0 Å². The Kier molecular flexibility index (Phi) is 4.16. The van der Waals surface area contributed by atoms with Crippen LogP contribution in [0.15, 0.2) is 24.3 Å². The number of hydrogen-bond acceptors (Lipinski definition) is 2. The molecule has 0 spiro atoms. The summed E-state index contributed by atoms with van der Waals surface area (Å²) in [6, 6.07) is 6.64. The average Bonchev–Trinajstić information content (AvgIpc) is 3.08. The van der Waals surface area contributed by atoms with Gasteiger partial charge in [0.05, 0.1) is 6.54 Å². The van der Waals surface area contributed by atoms with Crippen LogP contribution in [0.4, 0.5) is 4.39 Å². The van der Waals surface area contributed by atoms with E-state index in [1.165, 1.54) is 50.7 Å². The number of Topliss-reactive ketones (excluding diaryl/α,β-unsaturated/α-hetero) is 1. The minimum atomic E-state index is -0.329. The van der Waals surface area contributed by atoms with Crippen LogP contribution in [0.1, 0.15) is 48.9 Å². The average molecular weight is 275 g/mol. The molecule has 108 valence electrons. The van der Waals surface area contributed by atoms with E-state index in [4.69, 9.17) is 0 Å². The highest BCUT2D eigenvalue weighted by molar-refractivity contribution is 5.97. The summed E-state index contributed by atoms with van der Waals surface area (Å²) in [6.45, 7) is 1.47. The van der Waals surface area contributed by atoms with Crippen molar-refractivity contribution in [3.63, 3.8) is 0 Å². The lowest BCUT2D eigenvalue weighted by atomic mass is 9.95. The molecule has 1 saturated heterocycles. The van der Waals surface area contributed by atoms with E-state index in [9.17, 15) is 9.18 Å². The minimum Gasteiger partial charge on any atom is -0.293 e. The normalized spacial score (nSPS) is 24.4. The number of nitrogens with zero attached hydrogens (tertiary/aromatic N) is 1. The Balaban J connectivity index is 1.65. The molecule has 2 aliphatic rings. The van der Waals surface area contributed by atoms with Gasteiger partial charge in [-0.3, -0.25) is 9.69 Å². The topological polar surface area (TPSA) is 20.3 Å². The van der Waals surface area contributed by atoms with Crippen LogP contribution in [0.25, 0.3) is 0 Å². The first kappa shape index (κ1) is 13.7. The second-order valence-corrected chi connectivity index (χ2v) is 6.16. The molecule has 1 aromatic carbocycles. The highest BCUT2D eigenvalue weighted by atomic mass is 19.1. The molecule has 1 unspecified atom stereocenters. The van der Waals surface area contributed by atoms with Gasteiger partial charge in [-0.15, -0.1) is 0 Å². The van der Waals surface area contributed by atoms with Crippen LogP contribution in [-0.2, 0) is 0 Å². The molecule has 2 fully saturated rings. The molecule has 0 bridgehead atoms. The number of halogens is 1. The van der Waals surface area contributed by atoms with Crippen LogP contribution < -0.4 is 0 Å². The lowest BCUT2D eigenvalue weighted by Crippen LogP contribution is -2.38. The van der Waals surface area contributed by atoms with Gasteiger partial charge < -0.3 is 0 Å². The van der Waals surface area contributed by atoms with Gasteiger partial charge in [-0.25, -0.2) is 4.39 Å². The third kappa shape index (κ3) is 2.93. The Morgan fingerprint density at radius 1 is 1.20 bits per heavy atom. The molecule has 0 amide bonds. The van der Waals surface area contributed by atoms with Crippen molar-refractivity contribution in [2.24, 2.45) is 5.92 Å². The Hall–Kier alpha value is -1.22. The first-order valence-electron chi connectivity index (χ1n) is 7.77. The molecule has 0 N–H and O–H groups in total. The van der Waals surface area contributed by atoms with Crippen molar-refractivity contribution in [3.05, 3.63) is 35.6 Å². The molecule has 20 heavy (non-hydrogen) atoms. The van der Waals surface area contributed by atoms with Gasteiger partial charge in [-0.05, 0) is 50.3 Å². The molecule has 0 aromatic heterocycles. The summed E-state index contributed by atoms with van der Waals surface area (Å²) >= 11 is 0. The zero-order valence-electron chi connectivity index (χ0n) is 11.9. The summed E-state index contributed by atoms with van der Waals surface area (Å²) in [4.78, 5) is 14.6. The highest BCUT2D eigenvalue weighted by Gasteiger charge is 2.34. The summed E-state index contributed by atoms with van der Waals surface area (Å²) < 4.78 is 13.2. The summed E-state index contributed by atoms with van der Waals surface area (Å²) in [5.74, 6) is 0.497. The van der Waals surface area contributed by atoms with E-state index >= 15 is 0 Å². The number of carbonyl (C=O) groups is 1. The summed E-state index contributed by atoms with van der Waals surface area (Å²) in [5, 5.41) is 0. The maximum Gasteiger partial charge on any atom is 0.176 e. The quantitative estimate of drug-likeness (QED) is 0.782. The first-order valence-corrected chi connectivity index (χ1v) is 7.77. The van der Waals surface area contributed by atoms with Crippen molar-refractivity contribution in [2.75, 3.05) is 13.1 Å². The van der Waals surface area contributed by atoms with E-state index in [0.29, 0.717) is 18.2 Å². The monoisotopic (exact) mass is 275 g/mol. The molecule has 2 nitrogen and oxygen atoms in total. The molecule has 1 aliphatic carbocycles. The van der Waals surface area contributed by atoms with E-state index in [1.807, 2.05) is 0 Å². The van der Waals surface area contributed by atoms with Crippen LogP contribution in [0.3, 0.4) is 0 Å². The van der Waals surface area contributed by atoms with Crippen molar-refractivity contribution >= 4 is 5.78 Å². The van der Waals surface area contributed by atoms with E-state index in [-0.39, 0.29) is 11.6 Å². The fourth-order valence-electron chi connectivity index (χ4n) is 3.86. The van der Waals surface area contributed by atoms with Crippen molar-refractivity contribution in [1.82, 2.24) is 4.90 Å². The SMILES string of the molecule is O=C(CN1CCCC1C1CCCC1)c1cccc(F)c1. The predicted molar refractivity (Wildman–Crippen MR) is 77.3 cm³/mol. The van der Waals surface area contributed by atoms with E-state index < -0.39 is 0 Å². The molecule has 1 aliphatic heterocycles.